The molecule has 0 rings (SSSR count). The van der Waals surface area contributed by atoms with E-state index in [1.807, 2.05) is 33.8 Å². The molecule has 0 radical (unpaired) electrons. The first-order chi connectivity index (χ1) is 6.08. The molecular weight excluding hydrogens is 187 g/mol. The first-order valence-electron chi connectivity index (χ1n) is 4.58. The maximum atomic E-state index is 11.9. The van der Waals surface area contributed by atoms with Crippen molar-refractivity contribution in [3.63, 3.8) is 0 Å². The molecule has 0 atom stereocenters. The van der Waals surface area contributed by atoms with E-state index in [9.17, 15) is 4.57 Å². The molecule has 0 saturated heterocycles. The summed E-state index contributed by atoms with van der Waals surface area (Å²) in [6.07, 6.45) is 2.32. The molecule has 0 saturated carbocycles. The average molecular weight is 206 g/mol. The van der Waals surface area contributed by atoms with Gasteiger partial charge in [-0.3, -0.25) is 4.57 Å². The van der Waals surface area contributed by atoms with Crippen LogP contribution in [0.2, 0.25) is 0 Å². The summed E-state index contributed by atoms with van der Waals surface area (Å²) in [7, 11) is -2.86. The van der Waals surface area contributed by atoms with Crippen LogP contribution < -0.4 is 0 Å². The van der Waals surface area contributed by atoms with Crippen LogP contribution in [-0.4, -0.2) is 19.4 Å². The van der Waals surface area contributed by atoms with E-state index >= 15 is 0 Å². The van der Waals surface area contributed by atoms with Crippen molar-refractivity contribution in [1.82, 2.24) is 0 Å². The Hall–Kier alpha value is -0.110. The zero-order valence-corrected chi connectivity index (χ0v) is 9.77. The van der Waals surface area contributed by atoms with Gasteiger partial charge in [0.15, 0.2) is 0 Å². The van der Waals surface area contributed by atoms with Gasteiger partial charge in [0.1, 0.15) is 0 Å². The second-order valence-corrected chi connectivity index (χ2v) is 4.79. The Kier molecular flexibility index (Phi) is 6.31. The highest BCUT2D eigenvalue weighted by molar-refractivity contribution is 7.54. The molecule has 0 aromatic heterocycles. The third-order valence-corrected chi connectivity index (χ3v) is 3.78. The molecule has 13 heavy (non-hydrogen) atoms. The second-order valence-electron chi connectivity index (χ2n) is 2.74. The molecule has 0 heterocycles. The van der Waals surface area contributed by atoms with E-state index in [1.54, 1.807) is 0 Å². The molecule has 0 amide bonds. The molecule has 4 heteroatoms. The van der Waals surface area contributed by atoms with Gasteiger partial charge >= 0.3 is 7.60 Å². The Labute approximate surface area is 80.7 Å². The zero-order chi connectivity index (χ0) is 10.3. The molecule has 0 aromatic rings. The summed E-state index contributed by atoms with van der Waals surface area (Å²) >= 11 is 0. The molecule has 0 bridgehead atoms. The first-order valence-corrected chi connectivity index (χ1v) is 6.30. The lowest BCUT2D eigenvalue weighted by Gasteiger charge is -2.16. The summed E-state index contributed by atoms with van der Waals surface area (Å²) in [5.41, 5.74) is 1.03. The fourth-order valence-electron chi connectivity index (χ4n) is 0.919. The molecule has 0 N–H and O–H groups in total. The van der Waals surface area contributed by atoms with Crippen LogP contribution >= 0.6 is 7.60 Å². The topological polar surface area (TPSA) is 35.5 Å². The summed E-state index contributed by atoms with van der Waals surface area (Å²) < 4.78 is 22.2. The third-order valence-electron chi connectivity index (χ3n) is 1.59. The number of allylic oxidation sites excluding steroid dienone is 2. The summed E-state index contributed by atoms with van der Waals surface area (Å²) in [6.45, 7) is 8.32. The van der Waals surface area contributed by atoms with E-state index in [0.29, 0.717) is 19.4 Å². The average Bonchev–Trinajstić information content (AvgIpc) is 2.04. The number of rotatable bonds is 6. The standard InChI is InChI=1S/C9H19O3P/c1-5-9(4)8-13(10,11-6-2)12-7-3/h5H,6-8H2,1-4H3. The lowest BCUT2D eigenvalue weighted by Crippen LogP contribution is -2.00. The van der Waals surface area contributed by atoms with Gasteiger partial charge in [-0.15, -0.1) is 0 Å². The van der Waals surface area contributed by atoms with Crippen molar-refractivity contribution in [2.45, 2.75) is 27.7 Å². The van der Waals surface area contributed by atoms with E-state index in [2.05, 4.69) is 0 Å². The summed E-state index contributed by atoms with van der Waals surface area (Å²) in [5, 5.41) is 0. The van der Waals surface area contributed by atoms with Crippen molar-refractivity contribution in [3.8, 4) is 0 Å². The lowest BCUT2D eigenvalue weighted by atomic mass is 10.3. The van der Waals surface area contributed by atoms with Gasteiger partial charge in [-0.05, 0) is 27.7 Å². The van der Waals surface area contributed by atoms with Gasteiger partial charge in [-0.2, -0.15) is 0 Å². The van der Waals surface area contributed by atoms with Crippen LogP contribution in [0.5, 0.6) is 0 Å². The smallest absolute Gasteiger partial charge is 0.309 e. The highest BCUT2D eigenvalue weighted by atomic mass is 31.2. The molecule has 0 spiro atoms. The predicted molar refractivity (Wildman–Crippen MR) is 55.2 cm³/mol. The van der Waals surface area contributed by atoms with Crippen molar-refractivity contribution < 1.29 is 13.6 Å². The van der Waals surface area contributed by atoms with Crippen LogP contribution in [0.25, 0.3) is 0 Å². The lowest BCUT2D eigenvalue weighted by molar-refractivity contribution is 0.222. The molecule has 0 aliphatic rings. The van der Waals surface area contributed by atoms with Gasteiger partial charge in [0.2, 0.25) is 0 Å². The summed E-state index contributed by atoms with van der Waals surface area (Å²) in [5.74, 6) is 0. The Morgan fingerprint density at radius 3 is 2.08 bits per heavy atom. The molecular formula is C9H19O3P. The van der Waals surface area contributed by atoms with Crippen molar-refractivity contribution >= 4 is 7.60 Å². The van der Waals surface area contributed by atoms with Crippen molar-refractivity contribution in [1.29, 1.82) is 0 Å². The minimum Gasteiger partial charge on any atom is -0.309 e. The number of hydrogen-bond acceptors (Lipinski definition) is 3. The highest BCUT2D eigenvalue weighted by Crippen LogP contribution is 2.49. The normalized spacial score (nSPS) is 13.4. The number of hydrogen-bond donors (Lipinski definition) is 0. The van der Waals surface area contributed by atoms with Gasteiger partial charge in [0.25, 0.3) is 0 Å². The summed E-state index contributed by atoms with van der Waals surface area (Å²) in [4.78, 5) is 0. The second kappa shape index (κ2) is 6.36. The molecule has 0 aliphatic carbocycles. The first kappa shape index (κ1) is 12.9. The molecule has 0 unspecified atom stereocenters. The van der Waals surface area contributed by atoms with E-state index in [0.717, 1.165) is 5.57 Å². The Morgan fingerprint density at radius 1 is 1.31 bits per heavy atom. The molecule has 0 aliphatic heterocycles. The Balaban J connectivity index is 4.32. The van der Waals surface area contributed by atoms with E-state index < -0.39 is 7.60 Å². The van der Waals surface area contributed by atoms with Crippen LogP contribution in [-0.2, 0) is 13.6 Å². The quantitative estimate of drug-likeness (QED) is 0.494. The highest BCUT2D eigenvalue weighted by Gasteiger charge is 2.23. The van der Waals surface area contributed by atoms with Gasteiger partial charge in [0.05, 0.1) is 19.4 Å². The Morgan fingerprint density at radius 2 is 1.77 bits per heavy atom. The predicted octanol–water partition coefficient (Wildman–Crippen LogP) is 3.22. The SMILES string of the molecule is CC=C(C)CP(=O)(OCC)OCC. The zero-order valence-electron chi connectivity index (χ0n) is 8.87. The van der Waals surface area contributed by atoms with E-state index in [1.165, 1.54) is 0 Å². The fourth-order valence-corrected chi connectivity index (χ4v) is 2.76. The van der Waals surface area contributed by atoms with Crippen molar-refractivity contribution in [2.75, 3.05) is 19.4 Å². The molecule has 0 fully saturated rings. The van der Waals surface area contributed by atoms with Gasteiger partial charge < -0.3 is 9.05 Å². The maximum absolute atomic E-state index is 11.9. The van der Waals surface area contributed by atoms with Crippen LogP contribution in [0.1, 0.15) is 27.7 Å². The minimum atomic E-state index is -2.86. The fraction of sp³-hybridized carbons (Fsp3) is 0.778. The molecule has 3 nitrogen and oxygen atoms in total. The molecule has 0 aromatic carbocycles. The van der Waals surface area contributed by atoms with Gasteiger partial charge in [-0.25, -0.2) is 0 Å². The molecule has 78 valence electrons. The van der Waals surface area contributed by atoms with Crippen LogP contribution in [0, 0.1) is 0 Å². The minimum absolute atomic E-state index is 0.394. The van der Waals surface area contributed by atoms with Crippen molar-refractivity contribution in [2.24, 2.45) is 0 Å². The Bertz CT molecular complexity index is 201. The largest absolute Gasteiger partial charge is 0.334 e. The van der Waals surface area contributed by atoms with Crippen molar-refractivity contribution in [3.05, 3.63) is 11.6 Å². The van der Waals surface area contributed by atoms with Crippen LogP contribution in [0.15, 0.2) is 11.6 Å². The van der Waals surface area contributed by atoms with Gasteiger partial charge in [-0.1, -0.05) is 11.6 Å². The monoisotopic (exact) mass is 206 g/mol. The van der Waals surface area contributed by atoms with Crippen LogP contribution in [0.3, 0.4) is 0 Å². The van der Waals surface area contributed by atoms with Gasteiger partial charge in [0, 0.05) is 0 Å². The third kappa shape index (κ3) is 5.25. The van der Waals surface area contributed by atoms with E-state index in [4.69, 9.17) is 9.05 Å². The summed E-state index contributed by atoms with van der Waals surface area (Å²) in [6, 6.07) is 0. The van der Waals surface area contributed by atoms with E-state index in [-0.39, 0.29) is 0 Å². The maximum Gasteiger partial charge on any atom is 0.334 e. The van der Waals surface area contributed by atoms with Crippen LogP contribution in [0.4, 0.5) is 0 Å².